The van der Waals surface area contributed by atoms with Gasteiger partial charge in [0.15, 0.2) is 5.78 Å². The first-order valence-corrected chi connectivity index (χ1v) is 4.10. The van der Waals surface area contributed by atoms with Crippen molar-refractivity contribution in [2.75, 3.05) is 5.73 Å². The van der Waals surface area contributed by atoms with Crippen LogP contribution in [0.5, 0.6) is 5.75 Å². The number of nitrogens with two attached hydrogens (primary N) is 1. The first-order valence-electron chi connectivity index (χ1n) is 3.31. The van der Waals surface area contributed by atoms with E-state index in [1.54, 1.807) is 0 Å². The fourth-order valence-corrected chi connectivity index (χ4v) is 1.06. The third-order valence-corrected chi connectivity index (χ3v) is 2.35. The number of aromatic hydroxyl groups is 1. The Hall–Kier alpha value is -1.03. The third kappa shape index (κ3) is 1.58. The van der Waals surface area contributed by atoms with Gasteiger partial charge in [-0.1, -0.05) is 0 Å². The molecule has 0 aromatic heterocycles. The van der Waals surface area contributed by atoms with Crippen molar-refractivity contribution in [3.63, 3.8) is 0 Å². The largest absolute Gasteiger partial charge is 0.507 e. The maximum atomic E-state index is 10.9. The molecule has 0 saturated heterocycles. The first-order chi connectivity index (χ1) is 5.52. The number of phenolic OH excluding ortho intramolecular Hbond substituents is 1. The topological polar surface area (TPSA) is 63.3 Å². The summed E-state index contributed by atoms with van der Waals surface area (Å²) in [6.45, 7) is 1.42. The zero-order valence-electron chi connectivity index (χ0n) is 6.47. The molecule has 12 heavy (non-hydrogen) atoms. The van der Waals surface area contributed by atoms with E-state index >= 15 is 0 Å². The molecule has 0 bridgehead atoms. The van der Waals surface area contributed by atoms with E-state index in [9.17, 15) is 9.90 Å². The lowest BCUT2D eigenvalue weighted by Crippen LogP contribution is -1.95. The average molecular weight is 230 g/mol. The van der Waals surface area contributed by atoms with Crippen LogP contribution >= 0.6 is 15.9 Å². The SMILES string of the molecule is CC(=O)c1cc(N)c(Br)c(O)c1. The van der Waals surface area contributed by atoms with Gasteiger partial charge in [0, 0.05) is 5.56 Å². The summed E-state index contributed by atoms with van der Waals surface area (Å²) < 4.78 is 0.424. The van der Waals surface area contributed by atoms with Gasteiger partial charge in [0.25, 0.3) is 0 Å². The molecular weight excluding hydrogens is 222 g/mol. The smallest absolute Gasteiger partial charge is 0.160 e. The predicted octanol–water partition coefficient (Wildman–Crippen LogP) is 1.94. The zero-order chi connectivity index (χ0) is 9.30. The molecular formula is C8H8BrNO2. The minimum Gasteiger partial charge on any atom is -0.507 e. The average Bonchev–Trinajstić information content (AvgIpc) is 1.99. The number of anilines is 1. The zero-order valence-corrected chi connectivity index (χ0v) is 8.05. The van der Waals surface area contributed by atoms with E-state index < -0.39 is 0 Å². The summed E-state index contributed by atoms with van der Waals surface area (Å²) >= 11 is 3.08. The molecule has 1 aromatic rings. The van der Waals surface area contributed by atoms with Crippen LogP contribution in [0.1, 0.15) is 17.3 Å². The maximum absolute atomic E-state index is 10.9. The molecule has 3 nitrogen and oxygen atoms in total. The van der Waals surface area contributed by atoms with Crippen LogP contribution < -0.4 is 5.73 Å². The van der Waals surface area contributed by atoms with Gasteiger partial charge >= 0.3 is 0 Å². The number of phenols is 1. The summed E-state index contributed by atoms with van der Waals surface area (Å²) in [4.78, 5) is 10.9. The molecule has 0 aliphatic heterocycles. The summed E-state index contributed by atoms with van der Waals surface area (Å²) in [5.41, 5.74) is 6.27. The Labute approximate surface area is 78.3 Å². The molecule has 0 unspecified atom stereocenters. The van der Waals surface area contributed by atoms with E-state index in [0.717, 1.165) is 0 Å². The monoisotopic (exact) mass is 229 g/mol. The van der Waals surface area contributed by atoms with Crippen molar-refractivity contribution in [2.45, 2.75) is 6.92 Å². The molecule has 0 radical (unpaired) electrons. The number of hydrogen-bond donors (Lipinski definition) is 2. The van der Waals surface area contributed by atoms with Gasteiger partial charge in [0.2, 0.25) is 0 Å². The highest BCUT2D eigenvalue weighted by Gasteiger charge is 2.07. The quantitative estimate of drug-likeness (QED) is 0.572. The number of benzene rings is 1. The second-order valence-corrected chi connectivity index (χ2v) is 3.25. The maximum Gasteiger partial charge on any atom is 0.160 e. The Balaban J connectivity index is 3.31. The Bertz CT molecular complexity index is 313. The molecule has 0 spiro atoms. The van der Waals surface area contributed by atoms with Crippen LogP contribution in [0.4, 0.5) is 5.69 Å². The number of carbonyl (C=O) groups is 1. The van der Waals surface area contributed by atoms with Crippen molar-refractivity contribution < 1.29 is 9.90 Å². The van der Waals surface area contributed by atoms with Gasteiger partial charge in [-0.2, -0.15) is 0 Å². The van der Waals surface area contributed by atoms with Crippen LogP contribution in [0.15, 0.2) is 16.6 Å². The summed E-state index contributed by atoms with van der Waals surface area (Å²) in [6, 6.07) is 2.90. The van der Waals surface area contributed by atoms with Crippen LogP contribution in [-0.2, 0) is 0 Å². The Morgan fingerprint density at radius 2 is 2.17 bits per heavy atom. The second-order valence-electron chi connectivity index (χ2n) is 2.45. The first kappa shape index (κ1) is 9.06. The molecule has 0 aliphatic carbocycles. The number of Topliss-reactive ketones (excluding diaryl/α,β-unsaturated/α-hetero) is 1. The molecule has 0 fully saturated rings. The van der Waals surface area contributed by atoms with Crippen molar-refractivity contribution in [3.05, 3.63) is 22.2 Å². The summed E-state index contributed by atoms with van der Waals surface area (Å²) in [7, 11) is 0. The van der Waals surface area contributed by atoms with Crippen LogP contribution in [0.3, 0.4) is 0 Å². The van der Waals surface area contributed by atoms with Crippen molar-refractivity contribution in [3.8, 4) is 5.75 Å². The Morgan fingerprint density at radius 1 is 1.58 bits per heavy atom. The Morgan fingerprint density at radius 3 is 2.58 bits per heavy atom. The van der Waals surface area contributed by atoms with Crippen LogP contribution in [0.2, 0.25) is 0 Å². The van der Waals surface area contributed by atoms with Crippen molar-refractivity contribution >= 4 is 27.4 Å². The van der Waals surface area contributed by atoms with Gasteiger partial charge in [-0.3, -0.25) is 4.79 Å². The molecule has 0 heterocycles. The summed E-state index contributed by atoms with van der Waals surface area (Å²) in [5, 5.41) is 9.25. The van der Waals surface area contributed by atoms with Crippen molar-refractivity contribution in [1.29, 1.82) is 0 Å². The molecule has 0 aliphatic rings. The van der Waals surface area contributed by atoms with Crippen LogP contribution in [0, 0.1) is 0 Å². The molecule has 3 N–H and O–H groups in total. The van der Waals surface area contributed by atoms with E-state index in [1.807, 2.05) is 0 Å². The van der Waals surface area contributed by atoms with E-state index in [1.165, 1.54) is 19.1 Å². The van der Waals surface area contributed by atoms with Crippen LogP contribution in [-0.4, -0.2) is 10.9 Å². The molecule has 64 valence electrons. The second kappa shape index (κ2) is 3.15. The summed E-state index contributed by atoms with van der Waals surface area (Å²) in [5.74, 6) is -0.135. The molecule has 4 heteroatoms. The standard InChI is InChI=1S/C8H8BrNO2/c1-4(11)5-2-6(10)8(9)7(12)3-5/h2-3,12H,10H2,1H3. The lowest BCUT2D eigenvalue weighted by Gasteiger charge is -2.03. The normalized spacial score (nSPS) is 9.83. The molecule has 0 atom stereocenters. The molecule has 1 rings (SSSR count). The number of carbonyl (C=O) groups excluding carboxylic acids is 1. The van der Waals surface area contributed by atoms with Gasteiger partial charge < -0.3 is 10.8 Å². The van der Waals surface area contributed by atoms with E-state index in [0.29, 0.717) is 15.7 Å². The summed E-state index contributed by atoms with van der Waals surface area (Å²) in [6.07, 6.45) is 0. The lowest BCUT2D eigenvalue weighted by molar-refractivity contribution is 0.101. The van der Waals surface area contributed by atoms with E-state index in [-0.39, 0.29) is 11.5 Å². The van der Waals surface area contributed by atoms with Gasteiger partial charge in [0.05, 0.1) is 10.2 Å². The fourth-order valence-electron chi connectivity index (χ4n) is 0.834. The lowest BCUT2D eigenvalue weighted by atomic mass is 10.1. The van der Waals surface area contributed by atoms with Gasteiger partial charge in [-0.25, -0.2) is 0 Å². The minimum absolute atomic E-state index is 0.0137. The van der Waals surface area contributed by atoms with E-state index in [2.05, 4.69) is 15.9 Å². The molecule has 0 amide bonds. The number of nitrogen functional groups attached to an aromatic ring is 1. The molecule has 1 aromatic carbocycles. The van der Waals surface area contributed by atoms with E-state index in [4.69, 9.17) is 5.73 Å². The number of halogens is 1. The minimum atomic E-state index is -0.121. The van der Waals surface area contributed by atoms with Crippen molar-refractivity contribution in [1.82, 2.24) is 0 Å². The highest BCUT2D eigenvalue weighted by atomic mass is 79.9. The number of hydrogen-bond acceptors (Lipinski definition) is 3. The highest BCUT2D eigenvalue weighted by molar-refractivity contribution is 9.10. The highest BCUT2D eigenvalue weighted by Crippen LogP contribution is 2.31. The fraction of sp³-hybridized carbons (Fsp3) is 0.125. The number of ketones is 1. The third-order valence-electron chi connectivity index (χ3n) is 1.49. The molecule has 0 saturated carbocycles. The van der Waals surface area contributed by atoms with Gasteiger partial charge in [-0.05, 0) is 35.0 Å². The van der Waals surface area contributed by atoms with Crippen molar-refractivity contribution in [2.24, 2.45) is 0 Å². The van der Waals surface area contributed by atoms with Gasteiger partial charge in [-0.15, -0.1) is 0 Å². The predicted molar refractivity (Wildman–Crippen MR) is 50.2 cm³/mol. The van der Waals surface area contributed by atoms with Gasteiger partial charge in [0.1, 0.15) is 5.75 Å². The Kier molecular flexibility index (Phi) is 2.38. The van der Waals surface area contributed by atoms with Crippen LogP contribution in [0.25, 0.3) is 0 Å². The number of rotatable bonds is 1.